The first-order valence-corrected chi connectivity index (χ1v) is 12.8. The van der Waals surface area contributed by atoms with Crippen LogP contribution in [0.4, 0.5) is 0 Å². The van der Waals surface area contributed by atoms with Crippen LogP contribution in [0.5, 0.6) is 0 Å². The minimum atomic E-state index is -2.49. The Morgan fingerprint density at radius 2 is 1.48 bits per heavy atom. The summed E-state index contributed by atoms with van der Waals surface area (Å²) in [4.78, 5) is 0. The Bertz CT molecular complexity index is 301. The lowest BCUT2D eigenvalue weighted by Gasteiger charge is -2.32. The molecule has 0 aromatic carbocycles. The van der Waals surface area contributed by atoms with Crippen LogP contribution in [0.3, 0.4) is 0 Å². The van der Waals surface area contributed by atoms with Crippen molar-refractivity contribution in [3.8, 4) is 0 Å². The smallest absolute Gasteiger partial charge is 0.386 e. The van der Waals surface area contributed by atoms with Crippen molar-refractivity contribution < 1.29 is 22.1 Å². The lowest BCUT2D eigenvalue weighted by molar-refractivity contribution is 0.0705. The molecule has 0 radical (unpaired) electrons. The molecule has 1 rings (SSSR count). The van der Waals surface area contributed by atoms with Gasteiger partial charge in [-0.25, -0.2) is 0 Å². The molecule has 0 aromatic rings. The number of hydrogen-bond acceptors (Lipinski definition) is 6. The lowest BCUT2D eigenvalue weighted by atomic mass is 10.3. The minimum absolute atomic E-state index is 0.641. The summed E-state index contributed by atoms with van der Waals surface area (Å²) in [6.07, 6.45) is 3.30. The number of hydrogen-bond donors (Lipinski definition) is 0. The van der Waals surface area contributed by atoms with Crippen LogP contribution >= 0.6 is 0 Å². The third-order valence-corrected chi connectivity index (χ3v) is 11.1. The van der Waals surface area contributed by atoms with Gasteiger partial charge in [-0.3, -0.25) is 4.57 Å². The van der Waals surface area contributed by atoms with Crippen LogP contribution in [0, 0.1) is 0 Å². The summed E-state index contributed by atoms with van der Waals surface area (Å²) < 4.78 is 31.6. The predicted molar refractivity (Wildman–Crippen MR) is 95.4 cm³/mol. The fourth-order valence-electron chi connectivity index (χ4n) is 3.29. The highest BCUT2D eigenvalue weighted by atomic mass is 28.4. The molecule has 0 N–H and O–H groups in total. The monoisotopic (exact) mass is 365 g/mol. The molecule has 0 atom stereocenters. The maximum absolute atomic E-state index is 5.91. The number of unbranched alkanes of at least 4 members (excludes halogenated alkanes) is 1. The van der Waals surface area contributed by atoms with Crippen molar-refractivity contribution in [2.45, 2.75) is 52.1 Å². The molecule has 0 amide bonds. The van der Waals surface area contributed by atoms with E-state index in [2.05, 4.69) is 4.57 Å². The molecule has 1 aliphatic rings. The molecule has 0 unspecified atom stereocenters. The Morgan fingerprint density at radius 3 is 1.96 bits per heavy atom. The molecule has 1 aliphatic heterocycles. The van der Waals surface area contributed by atoms with Gasteiger partial charge in [0.25, 0.3) is 0 Å². The summed E-state index contributed by atoms with van der Waals surface area (Å²) in [6, 6.07) is 1.94. The highest BCUT2D eigenvalue weighted by Gasteiger charge is 2.47. The third-order valence-electron chi connectivity index (χ3n) is 4.29. The van der Waals surface area contributed by atoms with Crippen LogP contribution in [-0.2, 0) is 22.1 Å². The molecule has 1 saturated heterocycles. The molecule has 0 aliphatic carbocycles. The SMILES string of the molecule is CCO[Si](CCCCN1CCC[Si]1(OC)OC)(OCC)OCC. The molecular weight excluding hydrogens is 330 g/mol. The number of nitrogens with zero attached hydrogens (tertiary/aromatic N) is 1. The summed E-state index contributed by atoms with van der Waals surface area (Å²) in [7, 11) is -1.03. The summed E-state index contributed by atoms with van der Waals surface area (Å²) >= 11 is 0. The molecule has 23 heavy (non-hydrogen) atoms. The second kappa shape index (κ2) is 10.9. The van der Waals surface area contributed by atoms with Gasteiger partial charge in [0.15, 0.2) is 0 Å². The quantitative estimate of drug-likeness (QED) is 0.369. The van der Waals surface area contributed by atoms with Gasteiger partial charge < -0.3 is 22.1 Å². The first-order chi connectivity index (χ1) is 11.1. The maximum Gasteiger partial charge on any atom is 0.500 e. The van der Waals surface area contributed by atoms with Crippen molar-refractivity contribution in [2.24, 2.45) is 0 Å². The molecule has 0 bridgehead atoms. The van der Waals surface area contributed by atoms with E-state index in [4.69, 9.17) is 22.1 Å². The van der Waals surface area contributed by atoms with Crippen LogP contribution in [0.2, 0.25) is 12.1 Å². The highest BCUT2D eigenvalue weighted by Crippen LogP contribution is 2.28. The zero-order valence-electron chi connectivity index (χ0n) is 15.6. The molecule has 1 heterocycles. The van der Waals surface area contributed by atoms with E-state index in [1.54, 1.807) is 14.2 Å². The standard InChI is InChI=1S/C15H35NO5Si2/c1-6-19-23(20-7-2,21-8-3)15-10-9-12-16-13-11-14-22(16,17-4)18-5/h6-15H2,1-5H3. The van der Waals surface area contributed by atoms with E-state index in [0.717, 1.165) is 38.0 Å². The van der Waals surface area contributed by atoms with E-state index in [0.29, 0.717) is 19.8 Å². The van der Waals surface area contributed by atoms with E-state index in [1.165, 1.54) is 6.42 Å². The Morgan fingerprint density at radius 1 is 0.913 bits per heavy atom. The fraction of sp³-hybridized carbons (Fsp3) is 1.00. The van der Waals surface area contributed by atoms with E-state index in [9.17, 15) is 0 Å². The van der Waals surface area contributed by atoms with Gasteiger partial charge >= 0.3 is 17.5 Å². The van der Waals surface area contributed by atoms with Crippen LogP contribution in [0.25, 0.3) is 0 Å². The zero-order valence-corrected chi connectivity index (χ0v) is 17.6. The highest BCUT2D eigenvalue weighted by molar-refractivity contribution is 6.65. The molecule has 1 fully saturated rings. The summed E-state index contributed by atoms with van der Waals surface area (Å²) in [6.45, 7) is 10.0. The molecule has 6 nitrogen and oxygen atoms in total. The van der Waals surface area contributed by atoms with E-state index in [1.807, 2.05) is 20.8 Å². The van der Waals surface area contributed by atoms with Gasteiger partial charge in [0, 0.05) is 46.1 Å². The lowest BCUT2D eigenvalue weighted by Crippen LogP contribution is -2.53. The maximum atomic E-state index is 5.91. The second-order valence-corrected chi connectivity index (χ2v) is 11.8. The molecule has 0 spiro atoms. The fourth-order valence-corrected chi connectivity index (χ4v) is 8.99. The Kier molecular flexibility index (Phi) is 10.1. The predicted octanol–water partition coefficient (Wildman–Crippen LogP) is 2.75. The summed E-state index contributed by atoms with van der Waals surface area (Å²) in [5, 5.41) is 0. The van der Waals surface area contributed by atoms with Crippen molar-refractivity contribution in [2.75, 3.05) is 47.1 Å². The Hall–Kier alpha value is 0.194. The second-order valence-electron chi connectivity index (χ2n) is 5.65. The van der Waals surface area contributed by atoms with Crippen molar-refractivity contribution in [1.82, 2.24) is 4.57 Å². The normalized spacial score (nSPS) is 18.7. The summed E-state index contributed by atoms with van der Waals surface area (Å²) in [5.74, 6) is 0. The molecule has 138 valence electrons. The van der Waals surface area contributed by atoms with E-state index in [-0.39, 0.29) is 0 Å². The van der Waals surface area contributed by atoms with Gasteiger partial charge in [0.1, 0.15) is 0 Å². The Balaban J connectivity index is 2.46. The van der Waals surface area contributed by atoms with Crippen molar-refractivity contribution >= 4 is 17.5 Å². The third kappa shape index (κ3) is 5.89. The first kappa shape index (κ1) is 21.2. The van der Waals surface area contributed by atoms with Gasteiger partial charge in [0.2, 0.25) is 0 Å². The van der Waals surface area contributed by atoms with Crippen LogP contribution in [-0.4, -0.2) is 69.2 Å². The number of rotatable bonds is 13. The summed E-state index contributed by atoms with van der Waals surface area (Å²) in [5.41, 5.74) is 0. The van der Waals surface area contributed by atoms with Crippen LogP contribution in [0.1, 0.15) is 40.0 Å². The van der Waals surface area contributed by atoms with E-state index >= 15 is 0 Å². The average molecular weight is 366 g/mol. The van der Waals surface area contributed by atoms with Gasteiger partial charge in [-0.15, -0.1) is 0 Å². The van der Waals surface area contributed by atoms with E-state index < -0.39 is 17.5 Å². The minimum Gasteiger partial charge on any atom is -0.386 e. The largest absolute Gasteiger partial charge is 0.500 e. The topological polar surface area (TPSA) is 49.4 Å². The molecule has 0 aromatic heterocycles. The zero-order chi connectivity index (χ0) is 17.2. The van der Waals surface area contributed by atoms with Gasteiger partial charge in [0.05, 0.1) is 0 Å². The van der Waals surface area contributed by atoms with Gasteiger partial charge in [-0.1, -0.05) is 0 Å². The first-order valence-electron chi connectivity index (χ1n) is 8.89. The van der Waals surface area contributed by atoms with Gasteiger partial charge in [-0.2, -0.15) is 0 Å². The Labute approximate surface area is 144 Å². The molecular formula is C15H35NO5Si2. The molecule has 8 heteroatoms. The van der Waals surface area contributed by atoms with Crippen molar-refractivity contribution in [3.05, 3.63) is 0 Å². The van der Waals surface area contributed by atoms with Crippen molar-refractivity contribution in [1.29, 1.82) is 0 Å². The van der Waals surface area contributed by atoms with Crippen LogP contribution < -0.4 is 0 Å². The van der Waals surface area contributed by atoms with Crippen LogP contribution in [0.15, 0.2) is 0 Å². The van der Waals surface area contributed by atoms with Crippen molar-refractivity contribution in [3.63, 3.8) is 0 Å². The average Bonchev–Trinajstić information content (AvgIpc) is 2.96. The molecule has 0 saturated carbocycles. The van der Waals surface area contributed by atoms with Gasteiger partial charge in [-0.05, 0) is 53.1 Å².